The number of rotatable bonds is 4. The summed E-state index contributed by atoms with van der Waals surface area (Å²) >= 11 is 7.77. The van der Waals surface area contributed by atoms with Crippen molar-refractivity contribution in [3.63, 3.8) is 0 Å². The zero-order valence-electron chi connectivity index (χ0n) is 15.0. The number of carbonyl (C=O) groups is 1. The van der Waals surface area contributed by atoms with Gasteiger partial charge in [0.1, 0.15) is 0 Å². The number of nitrogens with zero attached hydrogens (tertiary/aromatic N) is 2. The molecular formula is C19H23ClN2O3S2. The maximum atomic E-state index is 12.5. The minimum Gasteiger partial charge on any atom is -0.314 e. The lowest BCUT2D eigenvalue weighted by molar-refractivity contribution is -0.118. The molecule has 0 N–H and O–H groups in total. The third-order valence-electron chi connectivity index (χ3n) is 5.64. The number of hydrogen-bond acceptors (Lipinski definition) is 4. The Morgan fingerprint density at radius 3 is 2.70 bits per heavy atom. The van der Waals surface area contributed by atoms with E-state index in [9.17, 15) is 13.2 Å². The molecule has 0 aromatic heterocycles. The molecule has 1 amide bonds. The average Bonchev–Trinajstić information content (AvgIpc) is 3.29. The molecule has 4 rings (SSSR count). The Morgan fingerprint density at radius 1 is 1.22 bits per heavy atom. The van der Waals surface area contributed by atoms with Gasteiger partial charge in [0.25, 0.3) is 0 Å². The second-order valence-electron chi connectivity index (χ2n) is 7.60. The molecule has 2 heterocycles. The van der Waals surface area contributed by atoms with Gasteiger partial charge in [0.2, 0.25) is 5.91 Å². The standard InChI is InChI=1S/C19H23ClN2O3S2/c20-14-7-3-4-8-15(14)22-16-11-27(24,25)12-17(16)26-19(22)21-18(23)10-9-13-5-1-2-6-13/h3-4,7-8,13,16-17H,1-2,5-6,9-12H2. The van der Waals surface area contributed by atoms with Gasteiger partial charge in [-0.3, -0.25) is 4.79 Å². The highest BCUT2D eigenvalue weighted by molar-refractivity contribution is 8.16. The SMILES string of the molecule is O=C(CCC1CCCC1)N=C1SC2CS(=O)(=O)CC2N1c1ccccc1Cl. The maximum absolute atomic E-state index is 12.5. The molecule has 5 nitrogen and oxygen atoms in total. The third-order valence-corrected chi connectivity index (χ3v) is 9.17. The molecular weight excluding hydrogens is 404 g/mol. The number of benzene rings is 1. The molecule has 8 heteroatoms. The lowest BCUT2D eigenvalue weighted by Crippen LogP contribution is -2.37. The molecule has 0 radical (unpaired) electrons. The number of hydrogen-bond donors (Lipinski definition) is 0. The number of fused-ring (bicyclic) bond motifs is 1. The molecule has 1 aromatic rings. The molecule has 0 bridgehead atoms. The summed E-state index contributed by atoms with van der Waals surface area (Å²) in [5.41, 5.74) is 0.721. The van der Waals surface area contributed by atoms with E-state index in [-0.39, 0.29) is 28.7 Å². The van der Waals surface area contributed by atoms with Crippen LogP contribution in [0.15, 0.2) is 29.3 Å². The van der Waals surface area contributed by atoms with E-state index >= 15 is 0 Å². The predicted molar refractivity (Wildman–Crippen MR) is 111 cm³/mol. The van der Waals surface area contributed by atoms with E-state index in [1.165, 1.54) is 37.4 Å². The van der Waals surface area contributed by atoms with E-state index in [0.717, 1.165) is 12.1 Å². The van der Waals surface area contributed by atoms with Crippen molar-refractivity contribution in [2.24, 2.45) is 10.9 Å². The molecule has 1 aliphatic carbocycles. The number of carbonyl (C=O) groups excluding carboxylic acids is 1. The van der Waals surface area contributed by atoms with Crippen molar-refractivity contribution in [2.75, 3.05) is 16.4 Å². The van der Waals surface area contributed by atoms with Crippen LogP contribution in [-0.4, -0.2) is 42.3 Å². The van der Waals surface area contributed by atoms with Gasteiger partial charge in [-0.1, -0.05) is 61.2 Å². The van der Waals surface area contributed by atoms with Crippen molar-refractivity contribution in [3.8, 4) is 0 Å². The summed E-state index contributed by atoms with van der Waals surface area (Å²) in [6, 6.07) is 7.11. The Bertz CT molecular complexity index is 865. The van der Waals surface area contributed by atoms with Crippen LogP contribution < -0.4 is 4.90 Å². The molecule has 3 aliphatic rings. The van der Waals surface area contributed by atoms with Crippen molar-refractivity contribution >= 4 is 50.0 Å². The number of halogens is 1. The molecule has 0 spiro atoms. The number of anilines is 1. The number of para-hydroxylation sites is 1. The van der Waals surface area contributed by atoms with Crippen LogP contribution >= 0.6 is 23.4 Å². The fourth-order valence-corrected chi connectivity index (χ4v) is 8.43. The fourth-order valence-electron chi connectivity index (χ4n) is 4.28. The van der Waals surface area contributed by atoms with Gasteiger partial charge in [-0.05, 0) is 24.5 Å². The zero-order valence-corrected chi connectivity index (χ0v) is 17.4. The smallest absolute Gasteiger partial charge is 0.248 e. The highest BCUT2D eigenvalue weighted by Crippen LogP contribution is 2.43. The first-order valence-electron chi connectivity index (χ1n) is 9.45. The molecule has 2 unspecified atom stereocenters. The summed E-state index contributed by atoms with van der Waals surface area (Å²) in [6.45, 7) is 0. The summed E-state index contributed by atoms with van der Waals surface area (Å²) in [6.07, 6.45) is 6.31. The quantitative estimate of drug-likeness (QED) is 0.730. The highest BCUT2D eigenvalue weighted by atomic mass is 35.5. The fraction of sp³-hybridized carbons (Fsp3) is 0.579. The van der Waals surface area contributed by atoms with Crippen LogP contribution in [0.4, 0.5) is 5.69 Å². The second kappa shape index (κ2) is 7.76. The second-order valence-corrected chi connectivity index (χ2v) is 11.4. The van der Waals surface area contributed by atoms with Crippen LogP contribution in [0.2, 0.25) is 5.02 Å². The monoisotopic (exact) mass is 426 g/mol. The first-order chi connectivity index (χ1) is 12.9. The number of sulfone groups is 1. The Labute approximate surface area is 169 Å². The highest BCUT2D eigenvalue weighted by Gasteiger charge is 2.49. The van der Waals surface area contributed by atoms with Crippen molar-refractivity contribution in [2.45, 2.75) is 49.8 Å². The van der Waals surface area contributed by atoms with E-state index in [1.807, 2.05) is 23.1 Å². The Kier molecular flexibility index (Phi) is 5.54. The van der Waals surface area contributed by atoms with E-state index in [2.05, 4.69) is 4.99 Å². The topological polar surface area (TPSA) is 66.8 Å². The van der Waals surface area contributed by atoms with Gasteiger partial charge < -0.3 is 4.90 Å². The number of aliphatic imine (C=N–C) groups is 1. The van der Waals surface area contributed by atoms with Gasteiger partial charge in [0.05, 0.1) is 28.3 Å². The van der Waals surface area contributed by atoms with Gasteiger partial charge in [-0.15, -0.1) is 0 Å². The number of amides is 1. The molecule has 1 aromatic carbocycles. The zero-order chi connectivity index (χ0) is 19.0. The molecule has 27 heavy (non-hydrogen) atoms. The number of amidine groups is 1. The van der Waals surface area contributed by atoms with Gasteiger partial charge in [-0.2, -0.15) is 4.99 Å². The van der Waals surface area contributed by atoms with Crippen molar-refractivity contribution in [1.82, 2.24) is 0 Å². The first kappa shape index (κ1) is 19.3. The first-order valence-corrected chi connectivity index (χ1v) is 12.5. The maximum Gasteiger partial charge on any atom is 0.248 e. The van der Waals surface area contributed by atoms with E-state index in [0.29, 0.717) is 22.5 Å². The third kappa shape index (κ3) is 4.20. The van der Waals surface area contributed by atoms with E-state index in [4.69, 9.17) is 11.6 Å². The number of thioether (sulfide) groups is 1. The van der Waals surface area contributed by atoms with Crippen LogP contribution in [0.1, 0.15) is 38.5 Å². The van der Waals surface area contributed by atoms with Crippen LogP contribution in [0, 0.1) is 5.92 Å². The van der Waals surface area contributed by atoms with Crippen LogP contribution in [0.5, 0.6) is 0 Å². The van der Waals surface area contributed by atoms with Crippen molar-refractivity contribution in [3.05, 3.63) is 29.3 Å². The minimum absolute atomic E-state index is 0.0746. The summed E-state index contributed by atoms with van der Waals surface area (Å²) in [7, 11) is -3.08. The van der Waals surface area contributed by atoms with Crippen LogP contribution in [0.3, 0.4) is 0 Å². The Hall–Kier alpha value is -1.05. The van der Waals surface area contributed by atoms with Crippen LogP contribution in [-0.2, 0) is 14.6 Å². The average molecular weight is 427 g/mol. The molecule has 3 fully saturated rings. The van der Waals surface area contributed by atoms with E-state index in [1.54, 1.807) is 6.07 Å². The molecule has 1 saturated carbocycles. The van der Waals surface area contributed by atoms with E-state index < -0.39 is 9.84 Å². The van der Waals surface area contributed by atoms with Crippen LogP contribution in [0.25, 0.3) is 0 Å². The van der Waals surface area contributed by atoms with Gasteiger partial charge in [0.15, 0.2) is 15.0 Å². The lowest BCUT2D eigenvalue weighted by atomic mass is 10.0. The summed E-state index contributed by atoms with van der Waals surface area (Å²) in [5.74, 6) is 0.725. The molecule has 2 aliphatic heterocycles. The molecule has 2 saturated heterocycles. The Balaban J connectivity index is 1.57. The van der Waals surface area contributed by atoms with Gasteiger partial charge in [0, 0.05) is 11.7 Å². The minimum atomic E-state index is -3.08. The molecule has 146 valence electrons. The predicted octanol–water partition coefficient (Wildman–Crippen LogP) is 3.91. The van der Waals surface area contributed by atoms with Gasteiger partial charge in [-0.25, -0.2) is 8.42 Å². The van der Waals surface area contributed by atoms with Crippen molar-refractivity contribution < 1.29 is 13.2 Å². The largest absolute Gasteiger partial charge is 0.314 e. The normalized spacial score (nSPS) is 28.8. The van der Waals surface area contributed by atoms with Crippen molar-refractivity contribution in [1.29, 1.82) is 0 Å². The Morgan fingerprint density at radius 2 is 1.96 bits per heavy atom. The summed E-state index contributed by atoms with van der Waals surface area (Å²) < 4.78 is 24.2. The molecule has 2 atom stereocenters. The summed E-state index contributed by atoms with van der Waals surface area (Å²) in [5, 5.41) is 1.02. The van der Waals surface area contributed by atoms with Gasteiger partial charge >= 0.3 is 0 Å². The lowest BCUT2D eigenvalue weighted by Gasteiger charge is -2.25. The summed E-state index contributed by atoms with van der Waals surface area (Å²) in [4.78, 5) is 18.7.